The molecule has 0 unspecified atom stereocenters. The van der Waals surface area contributed by atoms with E-state index in [1.807, 2.05) is 0 Å². The number of fused-ring (bicyclic) bond motifs is 16. The Bertz CT molecular complexity index is 7760. The predicted molar refractivity (Wildman–Crippen MR) is 528 cm³/mol. The summed E-state index contributed by atoms with van der Waals surface area (Å²) in [4.78, 5) is 0. The summed E-state index contributed by atoms with van der Waals surface area (Å²) < 4.78 is 0. The lowest BCUT2D eigenvalue weighted by Gasteiger charge is -2.24. The lowest BCUT2D eigenvalue weighted by Crippen LogP contribution is -2.15. The van der Waals surface area contributed by atoms with Crippen LogP contribution >= 0.6 is 0 Å². The van der Waals surface area contributed by atoms with Crippen molar-refractivity contribution < 1.29 is 0 Å². The van der Waals surface area contributed by atoms with Gasteiger partial charge in [-0.3, -0.25) is 0 Å². The molecule has 4 aliphatic carbocycles. The van der Waals surface area contributed by atoms with Crippen LogP contribution in [0.2, 0.25) is 0 Å². The van der Waals surface area contributed by atoms with Crippen LogP contribution in [0.25, 0.3) is 199 Å². The van der Waals surface area contributed by atoms with Gasteiger partial charge < -0.3 is 0 Å². The van der Waals surface area contributed by atoms with Crippen LogP contribution in [-0.2, 0) is 21.7 Å². The van der Waals surface area contributed by atoms with E-state index in [2.05, 4.69) is 468 Å². The third kappa shape index (κ3) is 11.8. The topological polar surface area (TPSA) is 0 Å². The molecule has 0 N–H and O–H groups in total. The fourth-order valence-corrected chi connectivity index (χ4v) is 22.1. The first kappa shape index (κ1) is 74.5. The van der Waals surface area contributed by atoms with Crippen LogP contribution in [0.15, 0.2) is 413 Å². The highest BCUT2D eigenvalue weighted by atomic mass is 14.4. The molecule has 588 valence electrons. The SMILES string of the molecule is CC1(C)c2cc(-c3ccccc3)ccc2-c2ccc(-c3ccc4c(-c5ccc(-c6ccccc6)cc5)c5ccccc5c(-c5ccc(-c6ccccc6)cc5)c4c3)cc21.CC1(C)c2ccccc2-c2ccc(-c3ccc(-c4ccc5c(-c6ccc7c(c6)C(C)(C)c6ccccc6-7)c6ccccc6c(-c6ccc7c(c6)C(C)(C)c6ccccc6-7)c5c4)cc3)cc21. The van der Waals surface area contributed by atoms with E-state index in [9.17, 15) is 0 Å². The van der Waals surface area contributed by atoms with Crippen LogP contribution in [0.4, 0.5) is 0 Å². The summed E-state index contributed by atoms with van der Waals surface area (Å²) in [5.74, 6) is 0. The van der Waals surface area contributed by atoms with E-state index in [4.69, 9.17) is 0 Å². The first-order valence-corrected chi connectivity index (χ1v) is 44.0. The van der Waals surface area contributed by atoms with E-state index in [0.717, 1.165) is 0 Å². The minimum atomic E-state index is -0.136. The summed E-state index contributed by atoms with van der Waals surface area (Å²) in [6, 6.07) is 155. The van der Waals surface area contributed by atoms with E-state index >= 15 is 0 Å². The van der Waals surface area contributed by atoms with Gasteiger partial charge in [0.2, 0.25) is 0 Å². The van der Waals surface area contributed by atoms with Crippen LogP contribution in [0.1, 0.15) is 99.9 Å². The Balaban J connectivity index is 0.000000144. The van der Waals surface area contributed by atoms with Gasteiger partial charge in [0.1, 0.15) is 0 Å². The summed E-state index contributed by atoms with van der Waals surface area (Å²) in [6.45, 7) is 19.0. The molecule has 0 nitrogen and oxygen atoms in total. The van der Waals surface area contributed by atoms with Crippen molar-refractivity contribution in [1.29, 1.82) is 0 Å². The van der Waals surface area contributed by atoms with Crippen LogP contribution in [-0.4, -0.2) is 0 Å². The van der Waals surface area contributed by atoms with Gasteiger partial charge in [0.15, 0.2) is 0 Å². The van der Waals surface area contributed by atoms with Gasteiger partial charge in [0.25, 0.3) is 0 Å². The maximum atomic E-state index is 2.50. The molecule has 0 fully saturated rings. The first-order valence-electron chi connectivity index (χ1n) is 44.0. The monoisotopic (exact) mass is 1580 g/mol. The van der Waals surface area contributed by atoms with Crippen molar-refractivity contribution in [3.8, 4) is 156 Å². The van der Waals surface area contributed by atoms with Gasteiger partial charge in [0.05, 0.1) is 0 Å². The van der Waals surface area contributed by atoms with Crippen LogP contribution < -0.4 is 0 Å². The molecule has 0 aromatic heterocycles. The molecule has 0 atom stereocenters. The molecule has 0 saturated heterocycles. The molecular formula is C124H92. The fraction of sp³-hybridized carbons (Fsp3) is 0.0968. The minimum absolute atomic E-state index is 0.0345. The van der Waals surface area contributed by atoms with Gasteiger partial charge in [-0.25, -0.2) is 0 Å². The second-order valence-corrected chi connectivity index (χ2v) is 36.9. The van der Waals surface area contributed by atoms with Gasteiger partial charge in [-0.2, -0.15) is 0 Å². The maximum Gasteiger partial charge on any atom is 0.0159 e. The average Bonchev–Trinajstić information content (AvgIpc) is 1.13. The molecular weight excluding hydrogens is 1490 g/mol. The molecule has 0 spiro atoms. The highest BCUT2D eigenvalue weighted by Crippen LogP contribution is 2.57. The van der Waals surface area contributed by atoms with Crippen molar-refractivity contribution in [1.82, 2.24) is 0 Å². The quantitative estimate of drug-likeness (QED) is 0.120. The number of benzene rings is 20. The molecule has 0 amide bonds. The smallest absolute Gasteiger partial charge is 0.0159 e. The average molecular weight is 1580 g/mol. The van der Waals surface area contributed by atoms with Crippen molar-refractivity contribution in [2.75, 3.05) is 0 Å². The third-order valence-corrected chi connectivity index (χ3v) is 28.6. The predicted octanol–water partition coefficient (Wildman–Crippen LogP) is 33.9. The van der Waals surface area contributed by atoms with Crippen LogP contribution in [0, 0.1) is 0 Å². The largest absolute Gasteiger partial charge is 0.0622 e. The second kappa shape index (κ2) is 28.5. The Hall–Kier alpha value is -14.6. The van der Waals surface area contributed by atoms with Crippen molar-refractivity contribution in [3.05, 3.63) is 457 Å². The third-order valence-electron chi connectivity index (χ3n) is 28.6. The van der Waals surface area contributed by atoms with Gasteiger partial charge in [-0.05, 0) is 286 Å². The van der Waals surface area contributed by atoms with E-state index in [1.54, 1.807) is 0 Å². The summed E-state index contributed by atoms with van der Waals surface area (Å²) in [6.07, 6.45) is 0. The maximum absolute atomic E-state index is 2.50. The minimum Gasteiger partial charge on any atom is -0.0622 e. The normalized spacial score (nSPS) is 14.1. The zero-order valence-electron chi connectivity index (χ0n) is 71.3. The molecule has 20 aromatic carbocycles. The molecule has 20 aromatic rings. The second-order valence-electron chi connectivity index (χ2n) is 36.9. The molecule has 0 aliphatic heterocycles. The molecule has 4 aliphatic rings. The molecule has 24 rings (SSSR count). The lowest BCUT2D eigenvalue weighted by molar-refractivity contribution is 0.660. The summed E-state index contributed by atoms with van der Waals surface area (Å²) in [5.41, 5.74) is 46.5. The zero-order valence-corrected chi connectivity index (χ0v) is 71.3. The Labute approximate surface area is 727 Å². The Kier molecular flexibility index (Phi) is 17.1. The van der Waals surface area contributed by atoms with Crippen molar-refractivity contribution in [2.24, 2.45) is 0 Å². The zero-order chi connectivity index (χ0) is 83.5. The highest BCUT2D eigenvalue weighted by molar-refractivity contribution is 6.24. The van der Waals surface area contributed by atoms with Crippen LogP contribution in [0.3, 0.4) is 0 Å². The van der Waals surface area contributed by atoms with Crippen molar-refractivity contribution >= 4 is 43.1 Å². The summed E-state index contributed by atoms with van der Waals surface area (Å²) >= 11 is 0. The lowest BCUT2D eigenvalue weighted by atomic mass is 9.79. The molecule has 0 heteroatoms. The molecule has 0 radical (unpaired) electrons. The van der Waals surface area contributed by atoms with Gasteiger partial charge in [0, 0.05) is 21.7 Å². The molecule has 124 heavy (non-hydrogen) atoms. The van der Waals surface area contributed by atoms with E-state index < -0.39 is 0 Å². The van der Waals surface area contributed by atoms with Crippen molar-refractivity contribution in [2.45, 2.75) is 77.0 Å². The van der Waals surface area contributed by atoms with E-state index in [-0.39, 0.29) is 21.7 Å². The van der Waals surface area contributed by atoms with Gasteiger partial charge in [-0.1, -0.05) is 425 Å². The standard InChI is InChI=1S/C65H50.C59H42/c1-63(2)55-20-12-9-15-45(55)48-31-27-42(36-58(48)63)40-25-23-39(24-26-40)41-28-34-53-54(35-41)62(44-30-33-50-47-17-11-14-22-57(47)65(5,6)60(50)38-44)52-19-8-7-18-51(52)61(53)43-29-32-49-46-16-10-13-21-56(46)64(3,4)59(49)37-43;1-59(2)55-37-47(41-18-10-5-11-19-41)30-33-49(55)50-34-31-48(38-56(50)59)46-32-35-53-54(36-46)58(45-28-24-43(25-29-45)40-16-8-4-9-17-40)52-21-13-12-20-51(52)57(53)44-26-22-42(23-27-44)39-14-6-3-7-15-39/h7-38H,1-6H3;3-38H,1-2H3. The summed E-state index contributed by atoms with van der Waals surface area (Å²) in [5, 5.41) is 10.1. The number of hydrogen-bond acceptors (Lipinski definition) is 0. The van der Waals surface area contributed by atoms with Crippen molar-refractivity contribution in [3.63, 3.8) is 0 Å². The Morgan fingerprint density at radius 3 is 0.629 bits per heavy atom. The Morgan fingerprint density at radius 2 is 0.290 bits per heavy atom. The number of hydrogen-bond donors (Lipinski definition) is 0. The van der Waals surface area contributed by atoms with E-state index in [0.29, 0.717) is 0 Å². The van der Waals surface area contributed by atoms with Gasteiger partial charge >= 0.3 is 0 Å². The fourth-order valence-electron chi connectivity index (χ4n) is 22.1. The van der Waals surface area contributed by atoms with Crippen LogP contribution in [0.5, 0.6) is 0 Å². The Morgan fingerprint density at radius 1 is 0.113 bits per heavy atom. The highest BCUT2D eigenvalue weighted by Gasteiger charge is 2.40. The molecule has 0 saturated carbocycles. The molecule has 0 heterocycles. The molecule has 0 bridgehead atoms. The van der Waals surface area contributed by atoms with Gasteiger partial charge in [-0.15, -0.1) is 0 Å². The van der Waals surface area contributed by atoms with E-state index in [1.165, 1.54) is 243 Å². The summed E-state index contributed by atoms with van der Waals surface area (Å²) in [7, 11) is 0. The number of rotatable bonds is 10. The first-order chi connectivity index (χ1) is 60.5.